The van der Waals surface area contributed by atoms with Crippen molar-refractivity contribution in [1.82, 2.24) is 4.31 Å². The minimum atomic E-state index is -3.39. The van der Waals surface area contributed by atoms with Crippen LogP contribution in [-0.2, 0) is 14.5 Å². The number of hydrogen-bond donors (Lipinski definition) is 0. The predicted octanol–water partition coefficient (Wildman–Crippen LogP) is 0.218. The van der Waals surface area contributed by atoms with Crippen LogP contribution in [0, 0.1) is 5.92 Å². The highest BCUT2D eigenvalue weighted by Crippen LogP contribution is 2.21. The maximum Gasteiger partial charge on any atom is 0.338 e. The summed E-state index contributed by atoms with van der Waals surface area (Å²) in [6, 6.07) is -0.000000000000000444. The van der Waals surface area contributed by atoms with E-state index < -0.39 is 10.3 Å². The van der Waals surface area contributed by atoms with E-state index in [-0.39, 0.29) is 12.6 Å². The Morgan fingerprint density at radius 1 is 1.55 bits per heavy atom. The number of hydrogen-bond acceptors (Lipinski definition) is 3. The summed E-state index contributed by atoms with van der Waals surface area (Å²) in [6.07, 6.45) is 0. The second kappa shape index (κ2) is 2.73. The van der Waals surface area contributed by atoms with Crippen molar-refractivity contribution in [3.63, 3.8) is 0 Å². The topological polar surface area (TPSA) is 46.6 Å². The van der Waals surface area contributed by atoms with Crippen molar-refractivity contribution >= 4 is 10.3 Å². The van der Waals surface area contributed by atoms with Crippen LogP contribution in [0.4, 0.5) is 0 Å². The Morgan fingerprint density at radius 2 is 2.09 bits per heavy atom. The van der Waals surface area contributed by atoms with Gasteiger partial charge in [0.15, 0.2) is 0 Å². The van der Waals surface area contributed by atoms with E-state index in [1.807, 2.05) is 13.8 Å². The van der Waals surface area contributed by atoms with Crippen molar-refractivity contribution in [3.8, 4) is 0 Å². The van der Waals surface area contributed by atoms with Crippen molar-refractivity contribution in [3.05, 3.63) is 0 Å². The van der Waals surface area contributed by atoms with Gasteiger partial charge in [-0.15, -0.1) is 0 Å². The lowest BCUT2D eigenvalue weighted by atomic mass is 10.1. The third-order valence-electron chi connectivity index (χ3n) is 1.98. The van der Waals surface area contributed by atoms with E-state index >= 15 is 0 Å². The van der Waals surface area contributed by atoms with Crippen molar-refractivity contribution < 1.29 is 12.6 Å². The first-order valence-electron chi connectivity index (χ1n) is 3.57. The van der Waals surface area contributed by atoms with Crippen molar-refractivity contribution in [2.24, 2.45) is 5.92 Å². The number of nitrogens with zero attached hydrogens (tertiary/aromatic N) is 1. The summed E-state index contributed by atoms with van der Waals surface area (Å²) >= 11 is 0. The Hall–Kier alpha value is -0.130. The molecule has 0 unspecified atom stereocenters. The largest absolute Gasteiger partial charge is 0.338 e. The summed E-state index contributed by atoms with van der Waals surface area (Å²) in [5.41, 5.74) is 0. The van der Waals surface area contributed by atoms with Gasteiger partial charge in [-0.2, -0.15) is 12.7 Å². The summed E-state index contributed by atoms with van der Waals surface area (Å²) in [5, 5.41) is 0. The lowest BCUT2D eigenvalue weighted by molar-refractivity contribution is 0.273. The molecule has 1 atom stereocenters. The molecule has 0 bridgehead atoms. The molecule has 1 heterocycles. The van der Waals surface area contributed by atoms with Crippen LogP contribution in [-0.4, -0.2) is 32.4 Å². The fraction of sp³-hybridized carbons (Fsp3) is 1.00. The van der Waals surface area contributed by atoms with Gasteiger partial charge in [-0.25, -0.2) is 0 Å². The summed E-state index contributed by atoms with van der Waals surface area (Å²) in [6.45, 7) is 4.24. The van der Waals surface area contributed by atoms with Crippen LogP contribution in [0.25, 0.3) is 0 Å². The number of rotatable bonds is 1. The maximum absolute atomic E-state index is 11.0. The zero-order valence-electron chi connectivity index (χ0n) is 6.94. The van der Waals surface area contributed by atoms with Gasteiger partial charge < -0.3 is 0 Å². The van der Waals surface area contributed by atoms with Crippen molar-refractivity contribution in [2.75, 3.05) is 13.7 Å². The second-order valence-electron chi connectivity index (χ2n) is 3.07. The quantitative estimate of drug-likeness (QED) is 0.578. The predicted molar refractivity (Wildman–Crippen MR) is 41.3 cm³/mol. The van der Waals surface area contributed by atoms with Crippen LogP contribution in [0.2, 0.25) is 0 Å². The van der Waals surface area contributed by atoms with Gasteiger partial charge in [0, 0.05) is 7.05 Å². The van der Waals surface area contributed by atoms with E-state index in [0.717, 1.165) is 0 Å². The molecule has 1 rings (SSSR count). The normalized spacial score (nSPS) is 31.5. The SMILES string of the molecule is CC(C)[C@H]1COS(=O)(=O)N1C. The van der Waals surface area contributed by atoms with Gasteiger partial charge in [0.2, 0.25) is 0 Å². The Labute approximate surface area is 67.4 Å². The molecule has 0 aromatic heterocycles. The molecule has 0 aliphatic carbocycles. The zero-order chi connectivity index (χ0) is 8.65. The average molecular weight is 179 g/mol. The second-order valence-corrected chi connectivity index (χ2v) is 4.74. The summed E-state index contributed by atoms with van der Waals surface area (Å²) < 4.78 is 27.9. The molecular weight excluding hydrogens is 166 g/mol. The van der Waals surface area contributed by atoms with E-state index in [0.29, 0.717) is 5.92 Å². The molecule has 5 heteroatoms. The fourth-order valence-electron chi connectivity index (χ4n) is 1.12. The Kier molecular flexibility index (Phi) is 2.22. The molecule has 1 aliphatic rings. The van der Waals surface area contributed by atoms with Crippen LogP contribution in [0.5, 0.6) is 0 Å². The standard InChI is InChI=1S/C6H13NO3S/c1-5(2)6-4-10-11(8,9)7(6)3/h5-6H,4H2,1-3H3/t6-/m1/s1. The van der Waals surface area contributed by atoms with Gasteiger partial charge in [-0.3, -0.25) is 4.18 Å². The molecule has 66 valence electrons. The molecule has 11 heavy (non-hydrogen) atoms. The maximum atomic E-state index is 11.0. The summed E-state index contributed by atoms with van der Waals surface area (Å²) in [5.74, 6) is 0.303. The van der Waals surface area contributed by atoms with Gasteiger partial charge in [-0.1, -0.05) is 13.8 Å². The third kappa shape index (κ3) is 1.55. The molecule has 0 spiro atoms. The monoisotopic (exact) mass is 179 g/mol. The van der Waals surface area contributed by atoms with Gasteiger partial charge in [0.05, 0.1) is 12.6 Å². The lowest BCUT2D eigenvalue weighted by Crippen LogP contribution is -2.33. The Bertz CT molecular complexity index is 234. The molecule has 4 nitrogen and oxygen atoms in total. The molecule has 0 N–H and O–H groups in total. The van der Waals surface area contributed by atoms with Gasteiger partial charge in [0.25, 0.3) is 0 Å². The van der Waals surface area contributed by atoms with Crippen LogP contribution in [0.1, 0.15) is 13.8 Å². The average Bonchev–Trinajstić information content (AvgIpc) is 2.09. The van der Waals surface area contributed by atoms with Crippen LogP contribution in [0.3, 0.4) is 0 Å². The molecule has 0 amide bonds. The first-order chi connectivity index (χ1) is 4.95. The highest BCUT2D eigenvalue weighted by atomic mass is 32.2. The first kappa shape index (κ1) is 8.96. The van der Waals surface area contributed by atoms with E-state index in [1.54, 1.807) is 7.05 Å². The van der Waals surface area contributed by atoms with E-state index in [2.05, 4.69) is 4.18 Å². The Balaban J connectivity index is 2.79. The van der Waals surface area contributed by atoms with E-state index in [9.17, 15) is 8.42 Å². The molecule has 0 aromatic carbocycles. The van der Waals surface area contributed by atoms with Gasteiger partial charge in [-0.05, 0) is 5.92 Å². The molecule has 0 aromatic rings. The molecule has 0 saturated carbocycles. The van der Waals surface area contributed by atoms with Crippen LogP contribution < -0.4 is 0 Å². The molecule has 1 saturated heterocycles. The Morgan fingerprint density at radius 3 is 2.27 bits per heavy atom. The van der Waals surface area contributed by atoms with Crippen molar-refractivity contribution in [2.45, 2.75) is 19.9 Å². The molecular formula is C6H13NO3S. The molecule has 0 radical (unpaired) electrons. The zero-order valence-corrected chi connectivity index (χ0v) is 7.76. The minimum absolute atomic E-state index is 0.000000000000000444. The first-order valence-corrected chi connectivity index (χ1v) is 4.94. The highest BCUT2D eigenvalue weighted by molar-refractivity contribution is 7.84. The van der Waals surface area contributed by atoms with Crippen LogP contribution >= 0.6 is 0 Å². The van der Waals surface area contributed by atoms with Gasteiger partial charge >= 0.3 is 10.3 Å². The van der Waals surface area contributed by atoms with Crippen LogP contribution in [0.15, 0.2) is 0 Å². The highest BCUT2D eigenvalue weighted by Gasteiger charge is 2.36. The lowest BCUT2D eigenvalue weighted by Gasteiger charge is -2.18. The minimum Gasteiger partial charge on any atom is -0.256 e. The fourth-order valence-corrected chi connectivity index (χ4v) is 2.24. The van der Waals surface area contributed by atoms with E-state index in [4.69, 9.17) is 0 Å². The smallest absolute Gasteiger partial charge is 0.256 e. The van der Waals surface area contributed by atoms with Gasteiger partial charge in [0.1, 0.15) is 0 Å². The molecule has 1 fully saturated rings. The number of likely N-dealkylation sites (N-methyl/N-ethyl adjacent to an activating group) is 1. The van der Waals surface area contributed by atoms with Crippen molar-refractivity contribution in [1.29, 1.82) is 0 Å². The molecule has 1 aliphatic heterocycles. The van der Waals surface area contributed by atoms with E-state index in [1.165, 1.54) is 4.31 Å². The summed E-state index contributed by atoms with van der Waals surface area (Å²) in [4.78, 5) is 0. The summed E-state index contributed by atoms with van der Waals surface area (Å²) in [7, 11) is -1.84. The third-order valence-corrected chi connectivity index (χ3v) is 3.39.